The molecule has 1 saturated heterocycles. The molecule has 2 N–H and O–H groups in total. The van der Waals surface area contributed by atoms with Crippen LogP contribution < -0.4 is 10.6 Å². The van der Waals surface area contributed by atoms with Crippen molar-refractivity contribution in [3.05, 3.63) is 22.4 Å². The summed E-state index contributed by atoms with van der Waals surface area (Å²) in [5.41, 5.74) is -0.236. The molecule has 0 spiro atoms. The summed E-state index contributed by atoms with van der Waals surface area (Å²) in [5, 5.41) is 7.79. The van der Waals surface area contributed by atoms with Gasteiger partial charge in [-0.3, -0.25) is 4.79 Å². The first-order valence-corrected chi connectivity index (χ1v) is 8.14. The maximum Gasteiger partial charge on any atom is 0.315 e. The van der Waals surface area contributed by atoms with Crippen molar-refractivity contribution in [2.75, 3.05) is 13.1 Å². The van der Waals surface area contributed by atoms with Gasteiger partial charge in [0.25, 0.3) is 5.91 Å². The molecule has 2 rings (SSSR count). The third kappa shape index (κ3) is 4.74. The average Bonchev–Trinajstić information content (AvgIpc) is 2.90. The fourth-order valence-electron chi connectivity index (χ4n) is 2.35. The van der Waals surface area contributed by atoms with Gasteiger partial charge < -0.3 is 15.5 Å². The van der Waals surface area contributed by atoms with E-state index in [1.165, 1.54) is 11.3 Å². The summed E-state index contributed by atoms with van der Waals surface area (Å²) < 4.78 is 0. The Balaban J connectivity index is 1.78. The Kier molecular flexibility index (Phi) is 4.88. The Hall–Kier alpha value is -1.56. The molecular weight excluding hydrogens is 286 g/mol. The lowest BCUT2D eigenvalue weighted by Gasteiger charge is -2.33. The normalized spacial score (nSPS) is 16.6. The van der Waals surface area contributed by atoms with Crippen molar-refractivity contribution in [2.45, 2.75) is 45.2 Å². The number of hydrogen-bond donors (Lipinski definition) is 2. The van der Waals surface area contributed by atoms with Gasteiger partial charge in [-0.15, -0.1) is 11.3 Å². The van der Waals surface area contributed by atoms with Gasteiger partial charge in [-0.1, -0.05) is 6.07 Å². The van der Waals surface area contributed by atoms with Crippen molar-refractivity contribution in [1.29, 1.82) is 0 Å². The maximum absolute atomic E-state index is 12.2. The number of rotatable bonds is 2. The monoisotopic (exact) mass is 309 g/mol. The zero-order valence-electron chi connectivity index (χ0n) is 12.8. The molecule has 1 aliphatic rings. The second-order valence-electron chi connectivity index (χ2n) is 6.39. The van der Waals surface area contributed by atoms with Gasteiger partial charge in [-0.2, -0.15) is 0 Å². The molecule has 1 aromatic heterocycles. The predicted octanol–water partition coefficient (Wildman–Crippen LogP) is 2.45. The topological polar surface area (TPSA) is 61.4 Å². The van der Waals surface area contributed by atoms with Crippen molar-refractivity contribution in [2.24, 2.45) is 0 Å². The summed E-state index contributed by atoms with van der Waals surface area (Å²) in [5.74, 6) is 0.0996. The van der Waals surface area contributed by atoms with Crippen LogP contribution in [0.4, 0.5) is 4.79 Å². The Bertz CT molecular complexity index is 486. The van der Waals surface area contributed by atoms with Gasteiger partial charge in [0.2, 0.25) is 0 Å². The van der Waals surface area contributed by atoms with Crippen LogP contribution in [0.2, 0.25) is 0 Å². The Morgan fingerprint density at radius 2 is 1.95 bits per heavy atom. The molecule has 1 fully saturated rings. The van der Waals surface area contributed by atoms with Crippen molar-refractivity contribution in [1.82, 2.24) is 15.5 Å². The lowest BCUT2D eigenvalue weighted by Crippen LogP contribution is -2.52. The standard InChI is InChI=1S/C15H23N3O2S/c1-15(2,3)17-14(20)16-11-6-8-18(9-7-11)13(19)12-5-4-10-21-12/h4-5,10-11H,6-9H2,1-3H3,(H2,16,17,20). The van der Waals surface area contributed by atoms with Crippen molar-refractivity contribution < 1.29 is 9.59 Å². The highest BCUT2D eigenvalue weighted by molar-refractivity contribution is 7.12. The molecular formula is C15H23N3O2S. The molecule has 3 amide bonds. The van der Waals surface area contributed by atoms with Crippen LogP contribution in [-0.2, 0) is 0 Å². The molecule has 0 aromatic carbocycles. The number of hydrogen-bond acceptors (Lipinski definition) is 3. The first-order valence-electron chi connectivity index (χ1n) is 7.26. The zero-order valence-corrected chi connectivity index (χ0v) is 13.6. The number of amides is 3. The number of likely N-dealkylation sites (tertiary alicyclic amines) is 1. The lowest BCUT2D eigenvalue weighted by atomic mass is 10.0. The number of urea groups is 1. The molecule has 0 atom stereocenters. The van der Waals surface area contributed by atoms with Crippen LogP contribution in [0, 0.1) is 0 Å². The molecule has 0 aliphatic carbocycles. The van der Waals surface area contributed by atoms with Gasteiger partial charge >= 0.3 is 6.03 Å². The number of piperidine rings is 1. The number of carbonyl (C=O) groups is 2. The molecule has 2 heterocycles. The number of carbonyl (C=O) groups excluding carboxylic acids is 2. The summed E-state index contributed by atoms with van der Waals surface area (Å²) in [6.07, 6.45) is 1.60. The van der Waals surface area contributed by atoms with Crippen LogP contribution in [0.25, 0.3) is 0 Å². The van der Waals surface area contributed by atoms with Gasteiger partial charge in [0.05, 0.1) is 4.88 Å². The second kappa shape index (κ2) is 6.47. The lowest BCUT2D eigenvalue weighted by molar-refractivity contribution is 0.0713. The fourth-order valence-corrected chi connectivity index (χ4v) is 3.04. The molecule has 0 bridgehead atoms. The van der Waals surface area contributed by atoms with Gasteiger partial charge in [0, 0.05) is 24.7 Å². The van der Waals surface area contributed by atoms with E-state index in [-0.39, 0.29) is 23.5 Å². The van der Waals surface area contributed by atoms with Gasteiger partial charge in [0.15, 0.2) is 0 Å². The molecule has 1 aromatic rings. The maximum atomic E-state index is 12.2. The molecule has 0 unspecified atom stereocenters. The van der Waals surface area contributed by atoms with Gasteiger partial charge in [-0.05, 0) is 45.1 Å². The third-order valence-electron chi connectivity index (χ3n) is 3.34. The zero-order chi connectivity index (χ0) is 15.5. The molecule has 1 aliphatic heterocycles. The molecule has 0 saturated carbocycles. The van der Waals surface area contributed by atoms with E-state index in [1.807, 2.05) is 43.2 Å². The van der Waals surface area contributed by atoms with Gasteiger partial charge in [-0.25, -0.2) is 4.79 Å². The second-order valence-corrected chi connectivity index (χ2v) is 7.34. The molecule has 6 heteroatoms. The Morgan fingerprint density at radius 1 is 1.29 bits per heavy atom. The fraction of sp³-hybridized carbons (Fsp3) is 0.600. The smallest absolute Gasteiger partial charge is 0.315 e. The summed E-state index contributed by atoms with van der Waals surface area (Å²) in [6, 6.07) is 3.75. The van der Waals surface area contributed by atoms with Crippen LogP contribution in [-0.4, -0.2) is 41.5 Å². The van der Waals surface area contributed by atoms with Crippen molar-refractivity contribution in [3.63, 3.8) is 0 Å². The summed E-state index contributed by atoms with van der Waals surface area (Å²) in [4.78, 5) is 26.7. The van der Waals surface area contributed by atoms with E-state index in [9.17, 15) is 9.59 Å². The number of nitrogens with one attached hydrogen (secondary N) is 2. The minimum absolute atomic E-state index is 0.0996. The SMILES string of the molecule is CC(C)(C)NC(=O)NC1CCN(C(=O)c2cccs2)CC1. The molecule has 116 valence electrons. The molecule has 21 heavy (non-hydrogen) atoms. The quantitative estimate of drug-likeness (QED) is 0.881. The van der Waals surface area contributed by atoms with E-state index < -0.39 is 0 Å². The average molecular weight is 309 g/mol. The summed E-state index contributed by atoms with van der Waals surface area (Å²) in [6.45, 7) is 7.24. The van der Waals surface area contributed by atoms with E-state index in [0.29, 0.717) is 13.1 Å². The van der Waals surface area contributed by atoms with Crippen molar-refractivity contribution >= 4 is 23.3 Å². The van der Waals surface area contributed by atoms with E-state index in [2.05, 4.69) is 10.6 Å². The number of nitrogens with zero attached hydrogens (tertiary/aromatic N) is 1. The third-order valence-corrected chi connectivity index (χ3v) is 4.20. The highest BCUT2D eigenvalue weighted by Gasteiger charge is 2.25. The summed E-state index contributed by atoms with van der Waals surface area (Å²) >= 11 is 1.47. The van der Waals surface area contributed by atoms with Crippen LogP contribution in [0.15, 0.2) is 17.5 Å². The van der Waals surface area contributed by atoms with Crippen molar-refractivity contribution in [3.8, 4) is 0 Å². The first-order chi connectivity index (χ1) is 9.85. The largest absolute Gasteiger partial charge is 0.338 e. The van der Waals surface area contributed by atoms with E-state index >= 15 is 0 Å². The highest BCUT2D eigenvalue weighted by atomic mass is 32.1. The molecule has 5 nitrogen and oxygen atoms in total. The minimum Gasteiger partial charge on any atom is -0.338 e. The van der Waals surface area contributed by atoms with E-state index in [4.69, 9.17) is 0 Å². The van der Waals surface area contributed by atoms with E-state index in [1.54, 1.807) is 0 Å². The Labute approximate surface area is 129 Å². The van der Waals surface area contributed by atoms with Crippen LogP contribution in [0.3, 0.4) is 0 Å². The minimum atomic E-state index is -0.236. The highest BCUT2D eigenvalue weighted by Crippen LogP contribution is 2.17. The first kappa shape index (κ1) is 15.8. The van der Waals surface area contributed by atoms with Crippen LogP contribution in [0.1, 0.15) is 43.3 Å². The Morgan fingerprint density at radius 3 is 2.48 bits per heavy atom. The number of thiophene rings is 1. The van der Waals surface area contributed by atoms with E-state index in [0.717, 1.165) is 17.7 Å². The predicted molar refractivity (Wildman–Crippen MR) is 84.7 cm³/mol. The van der Waals surface area contributed by atoms with Gasteiger partial charge in [0.1, 0.15) is 0 Å². The summed E-state index contributed by atoms with van der Waals surface area (Å²) in [7, 11) is 0. The van der Waals surface area contributed by atoms with Crippen LogP contribution in [0.5, 0.6) is 0 Å². The van der Waals surface area contributed by atoms with Crippen LogP contribution >= 0.6 is 11.3 Å². The molecule has 0 radical (unpaired) electrons.